The average molecular weight is 187 g/mol. The molecule has 0 amide bonds. The van der Waals surface area contributed by atoms with E-state index in [4.69, 9.17) is 9.84 Å². The molecule has 1 fully saturated rings. The Morgan fingerprint density at radius 2 is 2.31 bits per heavy atom. The van der Waals surface area contributed by atoms with Crippen LogP contribution in [0.25, 0.3) is 0 Å². The molecule has 13 heavy (non-hydrogen) atoms. The van der Waals surface area contributed by atoms with Crippen molar-refractivity contribution in [2.75, 3.05) is 20.1 Å². The molecule has 0 aromatic heterocycles. The molecule has 76 valence electrons. The number of hydrogen-bond acceptors (Lipinski definition) is 3. The number of carbonyl (C=O) groups is 1. The highest BCUT2D eigenvalue weighted by atomic mass is 16.5. The number of aliphatic carboxylic acids is 1. The van der Waals surface area contributed by atoms with E-state index in [1.54, 1.807) is 0 Å². The van der Waals surface area contributed by atoms with E-state index in [-0.39, 0.29) is 6.10 Å². The van der Waals surface area contributed by atoms with E-state index in [0.29, 0.717) is 6.42 Å². The van der Waals surface area contributed by atoms with Crippen LogP contribution in [0.1, 0.15) is 19.8 Å². The predicted octanol–water partition coefficient (Wildman–Crippen LogP) is 0.570. The monoisotopic (exact) mass is 187 g/mol. The zero-order chi connectivity index (χ0) is 9.84. The summed E-state index contributed by atoms with van der Waals surface area (Å²) in [6.07, 6.45) is 1.04. The quantitative estimate of drug-likeness (QED) is 0.699. The van der Waals surface area contributed by atoms with Crippen molar-refractivity contribution in [2.45, 2.75) is 32.0 Å². The summed E-state index contributed by atoms with van der Waals surface area (Å²) in [7, 11) is 2.01. The van der Waals surface area contributed by atoms with Crippen LogP contribution in [0, 0.1) is 0 Å². The summed E-state index contributed by atoms with van der Waals surface area (Å²) < 4.78 is 5.35. The number of likely N-dealkylation sites (N-methyl/N-ethyl adjacent to an activating group) is 1. The summed E-state index contributed by atoms with van der Waals surface area (Å²) in [5, 5.41) is 8.68. The van der Waals surface area contributed by atoms with Crippen molar-refractivity contribution in [2.24, 2.45) is 0 Å². The van der Waals surface area contributed by atoms with Gasteiger partial charge in [-0.2, -0.15) is 0 Å². The number of rotatable bonds is 4. The Hall–Kier alpha value is -0.610. The summed E-state index contributed by atoms with van der Waals surface area (Å²) in [5.74, 6) is -0.832. The molecule has 0 aromatic carbocycles. The van der Waals surface area contributed by atoms with Crippen LogP contribution in [0.3, 0.4) is 0 Å². The molecule has 1 rings (SSSR count). The lowest BCUT2D eigenvalue weighted by atomic mass is 10.2. The fraction of sp³-hybridized carbons (Fsp3) is 0.889. The Labute approximate surface area is 78.5 Å². The average Bonchev–Trinajstić information content (AvgIpc) is 2.52. The van der Waals surface area contributed by atoms with E-state index in [2.05, 4.69) is 11.8 Å². The molecule has 0 aromatic rings. The molecular formula is C9H17NO3. The minimum absolute atomic E-state index is 0.103. The SMILES string of the molecule is CCN(C)CC1CCC(C(=O)O)O1. The van der Waals surface area contributed by atoms with Gasteiger partial charge in [0.1, 0.15) is 0 Å². The number of hydrogen-bond donors (Lipinski definition) is 1. The van der Waals surface area contributed by atoms with Crippen molar-refractivity contribution in [3.63, 3.8) is 0 Å². The van der Waals surface area contributed by atoms with E-state index in [0.717, 1.165) is 19.5 Å². The van der Waals surface area contributed by atoms with E-state index < -0.39 is 12.1 Å². The second kappa shape index (κ2) is 4.58. The van der Waals surface area contributed by atoms with Crippen LogP contribution in [0.5, 0.6) is 0 Å². The molecule has 1 heterocycles. The van der Waals surface area contributed by atoms with Crippen molar-refractivity contribution in [3.05, 3.63) is 0 Å². The van der Waals surface area contributed by atoms with Gasteiger partial charge in [-0.1, -0.05) is 6.92 Å². The first-order valence-electron chi connectivity index (χ1n) is 4.70. The summed E-state index contributed by atoms with van der Waals surface area (Å²) >= 11 is 0. The molecule has 1 aliphatic rings. The molecule has 0 aliphatic carbocycles. The van der Waals surface area contributed by atoms with Gasteiger partial charge in [0.2, 0.25) is 0 Å². The number of carboxylic acid groups (broad SMARTS) is 1. The largest absolute Gasteiger partial charge is 0.479 e. The highest BCUT2D eigenvalue weighted by molar-refractivity contribution is 5.72. The molecule has 4 nitrogen and oxygen atoms in total. The van der Waals surface area contributed by atoms with Gasteiger partial charge in [-0.05, 0) is 26.4 Å². The Morgan fingerprint density at radius 1 is 1.62 bits per heavy atom. The van der Waals surface area contributed by atoms with Crippen molar-refractivity contribution < 1.29 is 14.6 Å². The van der Waals surface area contributed by atoms with Crippen LogP contribution in [0.15, 0.2) is 0 Å². The number of ether oxygens (including phenoxy) is 1. The molecule has 1 saturated heterocycles. The molecule has 0 radical (unpaired) electrons. The number of carboxylic acids is 1. The van der Waals surface area contributed by atoms with Gasteiger partial charge >= 0.3 is 5.97 Å². The maximum absolute atomic E-state index is 10.6. The highest BCUT2D eigenvalue weighted by Gasteiger charge is 2.30. The van der Waals surface area contributed by atoms with Gasteiger partial charge in [0.25, 0.3) is 0 Å². The summed E-state index contributed by atoms with van der Waals surface area (Å²) in [4.78, 5) is 12.7. The van der Waals surface area contributed by atoms with Gasteiger partial charge in [0.15, 0.2) is 6.10 Å². The van der Waals surface area contributed by atoms with Gasteiger partial charge in [0, 0.05) is 6.54 Å². The molecule has 1 N–H and O–H groups in total. The zero-order valence-electron chi connectivity index (χ0n) is 8.19. The third-order valence-corrected chi connectivity index (χ3v) is 2.44. The fourth-order valence-corrected chi connectivity index (χ4v) is 1.50. The molecule has 0 bridgehead atoms. The third-order valence-electron chi connectivity index (χ3n) is 2.44. The summed E-state index contributed by atoms with van der Waals surface area (Å²) in [6.45, 7) is 3.88. The van der Waals surface area contributed by atoms with Crippen LogP contribution in [-0.4, -0.2) is 48.3 Å². The first-order valence-corrected chi connectivity index (χ1v) is 4.70. The van der Waals surface area contributed by atoms with Crippen molar-refractivity contribution in [3.8, 4) is 0 Å². The Bertz CT molecular complexity index is 184. The van der Waals surface area contributed by atoms with Gasteiger partial charge < -0.3 is 14.7 Å². The third kappa shape index (κ3) is 2.97. The first-order chi connectivity index (χ1) is 6.13. The minimum Gasteiger partial charge on any atom is -0.479 e. The minimum atomic E-state index is -0.832. The van der Waals surface area contributed by atoms with Crippen molar-refractivity contribution in [1.82, 2.24) is 4.90 Å². The standard InChI is InChI=1S/C9H17NO3/c1-3-10(2)6-7-4-5-8(13-7)9(11)12/h7-8H,3-6H2,1-2H3,(H,11,12). The van der Waals surface area contributed by atoms with Gasteiger partial charge in [-0.3, -0.25) is 0 Å². The molecule has 0 spiro atoms. The Balaban J connectivity index is 2.29. The molecule has 2 atom stereocenters. The van der Waals surface area contributed by atoms with Crippen molar-refractivity contribution in [1.29, 1.82) is 0 Å². The fourth-order valence-electron chi connectivity index (χ4n) is 1.50. The molecule has 4 heteroatoms. The van der Waals surface area contributed by atoms with E-state index >= 15 is 0 Å². The maximum Gasteiger partial charge on any atom is 0.332 e. The maximum atomic E-state index is 10.6. The van der Waals surface area contributed by atoms with Crippen LogP contribution in [0.4, 0.5) is 0 Å². The van der Waals surface area contributed by atoms with Crippen LogP contribution in [-0.2, 0) is 9.53 Å². The lowest BCUT2D eigenvalue weighted by Crippen LogP contribution is -2.30. The lowest BCUT2D eigenvalue weighted by Gasteiger charge is -2.18. The molecular weight excluding hydrogens is 170 g/mol. The number of nitrogens with zero attached hydrogens (tertiary/aromatic N) is 1. The topological polar surface area (TPSA) is 49.8 Å². The van der Waals surface area contributed by atoms with Crippen molar-refractivity contribution >= 4 is 5.97 Å². The molecule has 0 saturated carbocycles. The molecule has 1 aliphatic heterocycles. The van der Waals surface area contributed by atoms with E-state index in [1.165, 1.54) is 0 Å². The van der Waals surface area contributed by atoms with Gasteiger partial charge in [-0.25, -0.2) is 4.79 Å². The second-order valence-electron chi connectivity index (χ2n) is 3.52. The smallest absolute Gasteiger partial charge is 0.332 e. The van der Waals surface area contributed by atoms with Gasteiger partial charge in [-0.15, -0.1) is 0 Å². The second-order valence-corrected chi connectivity index (χ2v) is 3.52. The highest BCUT2D eigenvalue weighted by Crippen LogP contribution is 2.20. The predicted molar refractivity (Wildman–Crippen MR) is 48.7 cm³/mol. The van der Waals surface area contributed by atoms with E-state index in [1.807, 2.05) is 7.05 Å². The normalized spacial score (nSPS) is 28.2. The summed E-state index contributed by atoms with van der Waals surface area (Å²) in [6, 6.07) is 0. The van der Waals surface area contributed by atoms with Crippen LogP contribution < -0.4 is 0 Å². The summed E-state index contributed by atoms with van der Waals surface area (Å²) in [5.41, 5.74) is 0. The van der Waals surface area contributed by atoms with Crippen LogP contribution in [0.2, 0.25) is 0 Å². The zero-order valence-corrected chi connectivity index (χ0v) is 8.19. The molecule has 2 unspecified atom stereocenters. The lowest BCUT2D eigenvalue weighted by molar-refractivity contribution is -0.149. The first kappa shape index (κ1) is 10.5. The van der Waals surface area contributed by atoms with E-state index in [9.17, 15) is 4.79 Å². The van der Waals surface area contributed by atoms with Crippen LogP contribution >= 0.6 is 0 Å². The van der Waals surface area contributed by atoms with Gasteiger partial charge in [0.05, 0.1) is 6.10 Å². The Kier molecular flexibility index (Phi) is 3.69. The Morgan fingerprint density at radius 3 is 2.77 bits per heavy atom.